The number of rotatable bonds is 6. The third-order valence-electron chi connectivity index (χ3n) is 2.50. The van der Waals surface area contributed by atoms with E-state index in [9.17, 15) is 0 Å². The molecule has 3 heteroatoms. The second-order valence-corrected chi connectivity index (χ2v) is 4.15. The molecule has 1 aromatic rings. The Kier molecular flexibility index (Phi) is 5.48. The van der Waals surface area contributed by atoms with Crippen molar-refractivity contribution in [3.05, 3.63) is 23.5 Å². The van der Waals surface area contributed by atoms with Crippen LogP contribution in [-0.2, 0) is 0 Å². The number of nitrogens with zero attached hydrogens (tertiary/aromatic N) is 1. The lowest BCUT2D eigenvalue weighted by atomic mass is 10.1. The van der Waals surface area contributed by atoms with Crippen molar-refractivity contribution in [2.24, 2.45) is 0 Å². The molecule has 0 aliphatic carbocycles. The molecule has 0 aromatic carbocycles. The SMILES string of the molecule is CCCCC(CC)Nc1ccnc(Cl)c1. The average Bonchev–Trinajstić information content (AvgIpc) is 2.24. The van der Waals surface area contributed by atoms with E-state index >= 15 is 0 Å². The van der Waals surface area contributed by atoms with Gasteiger partial charge in [-0.05, 0) is 25.0 Å². The molecule has 0 fully saturated rings. The largest absolute Gasteiger partial charge is 0.382 e. The van der Waals surface area contributed by atoms with Crippen molar-refractivity contribution >= 4 is 17.3 Å². The van der Waals surface area contributed by atoms with Gasteiger partial charge in [0, 0.05) is 17.9 Å². The summed E-state index contributed by atoms with van der Waals surface area (Å²) < 4.78 is 0. The van der Waals surface area contributed by atoms with E-state index in [1.54, 1.807) is 6.20 Å². The van der Waals surface area contributed by atoms with E-state index in [2.05, 4.69) is 24.1 Å². The Balaban J connectivity index is 2.50. The maximum Gasteiger partial charge on any atom is 0.131 e. The van der Waals surface area contributed by atoms with E-state index in [-0.39, 0.29) is 0 Å². The summed E-state index contributed by atoms with van der Waals surface area (Å²) in [7, 11) is 0. The van der Waals surface area contributed by atoms with Crippen LogP contribution in [0.25, 0.3) is 0 Å². The van der Waals surface area contributed by atoms with Crippen LogP contribution in [-0.4, -0.2) is 11.0 Å². The van der Waals surface area contributed by atoms with Gasteiger partial charge in [0.25, 0.3) is 0 Å². The molecule has 0 radical (unpaired) electrons. The lowest BCUT2D eigenvalue weighted by molar-refractivity contribution is 0.593. The van der Waals surface area contributed by atoms with Gasteiger partial charge in [-0.2, -0.15) is 0 Å². The first-order valence-corrected chi connectivity index (χ1v) is 6.02. The summed E-state index contributed by atoms with van der Waals surface area (Å²) in [5, 5.41) is 4.03. The summed E-state index contributed by atoms with van der Waals surface area (Å²) in [6.45, 7) is 4.42. The molecule has 1 N–H and O–H groups in total. The molecular formula is C12H19ClN2. The van der Waals surface area contributed by atoms with Crippen molar-refractivity contribution in [2.75, 3.05) is 5.32 Å². The highest BCUT2D eigenvalue weighted by atomic mass is 35.5. The Morgan fingerprint density at radius 1 is 1.47 bits per heavy atom. The minimum absolute atomic E-state index is 0.545. The third-order valence-corrected chi connectivity index (χ3v) is 2.70. The van der Waals surface area contributed by atoms with Gasteiger partial charge in [-0.25, -0.2) is 4.98 Å². The molecule has 0 aliphatic rings. The number of pyridine rings is 1. The second kappa shape index (κ2) is 6.67. The van der Waals surface area contributed by atoms with E-state index in [0.717, 1.165) is 12.1 Å². The molecule has 0 aliphatic heterocycles. The van der Waals surface area contributed by atoms with E-state index in [1.165, 1.54) is 19.3 Å². The lowest BCUT2D eigenvalue weighted by Crippen LogP contribution is -2.18. The van der Waals surface area contributed by atoms with E-state index < -0.39 is 0 Å². The molecule has 1 heterocycles. The fourth-order valence-electron chi connectivity index (χ4n) is 1.56. The molecule has 1 aromatic heterocycles. The zero-order chi connectivity index (χ0) is 11.1. The van der Waals surface area contributed by atoms with Crippen molar-refractivity contribution in [1.82, 2.24) is 4.98 Å². The number of hydrogen-bond acceptors (Lipinski definition) is 2. The zero-order valence-corrected chi connectivity index (χ0v) is 10.2. The standard InChI is InChI=1S/C12H19ClN2/c1-3-5-6-10(4-2)15-11-7-8-14-12(13)9-11/h7-10H,3-6H2,1-2H3,(H,14,15). The number of hydrogen-bond donors (Lipinski definition) is 1. The highest BCUT2D eigenvalue weighted by Gasteiger charge is 2.05. The molecule has 0 saturated carbocycles. The van der Waals surface area contributed by atoms with Crippen LogP contribution in [0, 0.1) is 0 Å². The van der Waals surface area contributed by atoms with Crippen molar-refractivity contribution in [2.45, 2.75) is 45.6 Å². The Morgan fingerprint density at radius 3 is 2.87 bits per heavy atom. The predicted molar refractivity (Wildman–Crippen MR) is 66.5 cm³/mol. The predicted octanol–water partition coefficient (Wildman–Crippen LogP) is 4.12. The highest BCUT2D eigenvalue weighted by molar-refractivity contribution is 6.29. The summed E-state index contributed by atoms with van der Waals surface area (Å²) in [4.78, 5) is 3.96. The van der Waals surface area contributed by atoms with E-state index in [4.69, 9.17) is 11.6 Å². The molecule has 0 saturated heterocycles. The smallest absolute Gasteiger partial charge is 0.131 e. The summed E-state index contributed by atoms with van der Waals surface area (Å²) in [5.41, 5.74) is 1.07. The van der Waals surface area contributed by atoms with E-state index in [1.807, 2.05) is 12.1 Å². The minimum atomic E-state index is 0.545. The summed E-state index contributed by atoms with van der Waals surface area (Å²) >= 11 is 5.82. The molecule has 0 bridgehead atoms. The van der Waals surface area contributed by atoms with Crippen molar-refractivity contribution in [3.63, 3.8) is 0 Å². The monoisotopic (exact) mass is 226 g/mol. The van der Waals surface area contributed by atoms with Crippen molar-refractivity contribution in [1.29, 1.82) is 0 Å². The summed E-state index contributed by atoms with van der Waals surface area (Å²) in [5.74, 6) is 0. The Morgan fingerprint density at radius 2 is 2.27 bits per heavy atom. The Labute approximate surface area is 97.1 Å². The Hall–Kier alpha value is -0.760. The van der Waals surface area contributed by atoms with Crippen LogP contribution in [0.3, 0.4) is 0 Å². The van der Waals surface area contributed by atoms with Crippen LogP contribution >= 0.6 is 11.6 Å². The maximum atomic E-state index is 5.82. The molecule has 15 heavy (non-hydrogen) atoms. The average molecular weight is 227 g/mol. The first-order valence-electron chi connectivity index (χ1n) is 5.64. The molecular weight excluding hydrogens is 208 g/mol. The number of anilines is 1. The number of aromatic nitrogens is 1. The van der Waals surface area contributed by atoms with E-state index in [0.29, 0.717) is 11.2 Å². The van der Waals surface area contributed by atoms with Crippen LogP contribution in [0.2, 0.25) is 5.15 Å². The summed E-state index contributed by atoms with van der Waals surface area (Å²) in [6.07, 6.45) is 6.60. The van der Waals surface area contributed by atoms with Gasteiger partial charge in [0.05, 0.1) is 0 Å². The molecule has 2 nitrogen and oxygen atoms in total. The second-order valence-electron chi connectivity index (χ2n) is 3.76. The molecule has 1 unspecified atom stereocenters. The first kappa shape index (κ1) is 12.3. The van der Waals surface area contributed by atoms with Crippen LogP contribution in [0.15, 0.2) is 18.3 Å². The van der Waals surface area contributed by atoms with Crippen LogP contribution < -0.4 is 5.32 Å². The fourth-order valence-corrected chi connectivity index (χ4v) is 1.73. The molecule has 1 atom stereocenters. The number of unbranched alkanes of at least 4 members (excludes halogenated alkanes) is 1. The van der Waals surface area contributed by atoms with Gasteiger partial charge in [-0.15, -0.1) is 0 Å². The van der Waals surface area contributed by atoms with Crippen molar-refractivity contribution < 1.29 is 0 Å². The molecule has 1 rings (SSSR count). The fraction of sp³-hybridized carbons (Fsp3) is 0.583. The third kappa shape index (κ3) is 4.52. The summed E-state index contributed by atoms with van der Waals surface area (Å²) in [6, 6.07) is 4.37. The maximum absolute atomic E-state index is 5.82. The quantitative estimate of drug-likeness (QED) is 0.739. The van der Waals surface area contributed by atoms with Gasteiger partial charge < -0.3 is 5.32 Å². The van der Waals surface area contributed by atoms with Crippen molar-refractivity contribution in [3.8, 4) is 0 Å². The van der Waals surface area contributed by atoms with Gasteiger partial charge in [0.2, 0.25) is 0 Å². The normalized spacial score (nSPS) is 12.5. The zero-order valence-electron chi connectivity index (χ0n) is 9.46. The number of nitrogens with one attached hydrogen (secondary N) is 1. The highest BCUT2D eigenvalue weighted by Crippen LogP contribution is 2.16. The van der Waals surface area contributed by atoms with Gasteiger partial charge in [0.1, 0.15) is 5.15 Å². The van der Waals surface area contributed by atoms with Crippen LogP contribution in [0.1, 0.15) is 39.5 Å². The molecule has 84 valence electrons. The Bertz CT molecular complexity index is 289. The van der Waals surface area contributed by atoms with Gasteiger partial charge >= 0.3 is 0 Å². The van der Waals surface area contributed by atoms with Crippen LogP contribution in [0.5, 0.6) is 0 Å². The number of halogens is 1. The topological polar surface area (TPSA) is 24.9 Å². The first-order chi connectivity index (χ1) is 7.26. The molecule has 0 amide bonds. The van der Waals surface area contributed by atoms with Gasteiger partial charge in [-0.3, -0.25) is 0 Å². The lowest BCUT2D eigenvalue weighted by Gasteiger charge is -2.17. The van der Waals surface area contributed by atoms with Crippen LogP contribution in [0.4, 0.5) is 5.69 Å². The van der Waals surface area contributed by atoms with Gasteiger partial charge in [0.15, 0.2) is 0 Å². The van der Waals surface area contributed by atoms with Gasteiger partial charge in [-0.1, -0.05) is 38.3 Å². The minimum Gasteiger partial charge on any atom is -0.382 e. The molecule has 0 spiro atoms.